The van der Waals surface area contributed by atoms with Crippen molar-refractivity contribution in [2.24, 2.45) is 5.92 Å². The first-order valence-corrected chi connectivity index (χ1v) is 13.9. The van der Waals surface area contributed by atoms with Gasteiger partial charge in [-0.15, -0.1) is 0 Å². The van der Waals surface area contributed by atoms with E-state index in [4.69, 9.17) is 9.47 Å². The molecule has 3 aromatic carbocycles. The Morgan fingerprint density at radius 2 is 1.49 bits per heavy atom. The van der Waals surface area contributed by atoms with Crippen LogP contribution in [0.5, 0.6) is 5.75 Å². The lowest BCUT2D eigenvalue weighted by molar-refractivity contribution is -0.0210. The van der Waals surface area contributed by atoms with E-state index in [9.17, 15) is 8.78 Å². The van der Waals surface area contributed by atoms with E-state index >= 15 is 8.78 Å². The van der Waals surface area contributed by atoms with Crippen molar-refractivity contribution in [3.63, 3.8) is 0 Å². The summed E-state index contributed by atoms with van der Waals surface area (Å²) in [5, 5.41) is 0. The number of benzene rings is 3. The molecule has 0 aromatic heterocycles. The molecule has 1 saturated heterocycles. The molecule has 4 rings (SSSR count). The molecule has 1 aliphatic heterocycles. The Labute approximate surface area is 228 Å². The van der Waals surface area contributed by atoms with Gasteiger partial charge in [-0.25, -0.2) is 13.2 Å². The van der Waals surface area contributed by atoms with Crippen LogP contribution in [0.3, 0.4) is 0 Å². The van der Waals surface area contributed by atoms with Crippen molar-refractivity contribution in [1.29, 1.82) is 0 Å². The summed E-state index contributed by atoms with van der Waals surface area (Å²) in [6.07, 6.45) is 9.99. The van der Waals surface area contributed by atoms with Gasteiger partial charge in [0, 0.05) is 16.7 Å². The van der Waals surface area contributed by atoms with E-state index in [-0.39, 0.29) is 22.4 Å². The van der Waals surface area contributed by atoms with Gasteiger partial charge in [-0.2, -0.15) is 4.39 Å². The quantitative estimate of drug-likeness (QED) is 0.137. The lowest BCUT2D eigenvalue weighted by atomic mass is 9.90. The number of halogens is 4. The molecule has 0 radical (unpaired) electrons. The molecule has 0 amide bonds. The molecule has 39 heavy (non-hydrogen) atoms. The maximum Gasteiger partial charge on any atom is 0.201 e. The highest BCUT2D eigenvalue weighted by molar-refractivity contribution is 5.71. The van der Waals surface area contributed by atoms with Crippen molar-refractivity contribution in [3.05, 3.63) is 89.5 Å². The van der Waals surface area contributed by atoms with Gasteiger partial charge in [0.15, 0.2) is 23.2 Å². The molecule has 1 aliphatic rings. The molecule has 1 heterocycles. The second kappa shape index (κ2) is 13.8. The van der Waals surface area contributed by atoms with E-state index in [0.29, 0.717) is 36.7 Å². The monoisotopic (exact) mass is 540 g/mol. The Kier molecular flexibility index (Phi) is 10.2. The van der Waals surface area contributed by atoms with Gasteiger partial charge in [-0.1, -0.05) is 68.3 Å². The summed E-state index contributed by atoms with van der Waals surface area (Å²) in [6.45, 7) is 4.90. The number of hydrogen-bond donors (Lipinski definition) is 0. The number of unbranched alkanes of at least 4 members (excludes halogenated alkanes) is 2. The summed E-state index contributed by atoms with van der Waals surface area (Å²) < 4.78 is 71.0. The van der Waals surface area contributed by atoms with Gasteiger partial charge >= 0.3 is 0 Å². The van der Waals surface area contributed by atoms with E-state index in [1.165, 1.54) is 12.1 Å². The van der Waals surface area contributed by atoms with Crippen molar-refractivity contribution in [2.45, 2.75) is 64.9 Å². The zero-order chi connectivity index (χ0) is 27.8. The largest absolute Gasteiger partial charge is 0.490 e. The van der Waals surface area contributed by atoms with Crippen LogP contribution >= 0.6 is 0 Å². The topological polar surface area (TPSA) is 18.5 Å². The molecule has 2 atom stereocenters. The van der Waals surface area contributed by atoms with E-state index < -0.39 is 29.4 Å². The Hall–Kier alpha value is -3.12. The fraction of sp³-hybridized carbons (Fsp3) is 0.394. The minimum Gasteiger partial charge on any atom is -0.490 e. The van der Waals surface area contributed by atoms with Gasteiger partial charge in [0.05, 0.1) is 19.3 Å². The highest BCUT2D eigenvalue weighted by atomic mass is 19.2. The van der Waals surface area contributed by atoms with Crippen LogP contribution in [-0.4, -0.2) is 13.2 Å². The maximum absolute atomic E-state index is 15.2. The standard InChI is InChI=1S/C33H36F4O2/c1-3-5-7-9-22-10-18-28(39-21-22)27-16-15-25(30(34)32(27)36)23-11-13-24(14-12-23)26-17-19-29(33(37)31(26)35)38-20-8-6-4-2/h3,5,11-17,19,22,28H,4,6-10,18,20-21H2,1-2H3/b5-3+. The first-order chi connectivity index (χ1) is 18.9. The molecule has 2 nitrogen and oxygen atoms in total. The third-order valence-electron chi connectivity index (χ3n) is 7.37. The molecule has 0 spiro atoms. The second-order valence-electron chi connectivity index (χ2n) is 10.1. The molecule has 0 N–H and O–H groups in total. The molecule has 3 aromatic rings. The van der Waals surface area contributed by atoms with Crippen LogP contribution < -0.4 is 4.74 Å². The second-order valence-corrected chi connectivity index (χ2v) is 10.1. The van der Waals surface area contributed by atoms with Crippen molar-refractivity contribution in [2.75, 3.05) is 13.2 Å². The number of allylic oxidation sites excluding steroid dienone is 2. The van der Waals surface area contributed by atoms with Crippen LogP contribution in [-0.2, 0) is 4.74 Å². The summed E-state index contributed by atoms with van der Waals surface area (Å²) in [5.41, 5.74) is 1.26. The Morgan fingerprint density at radius 1 is 0.821 bits per heavy atom. The average Bonchev–Trinajstić information content (AvgIpc) is 2.96. The Bertz CT molecular complexity index is 1260. The summed E-state index contributed by atoms with van der Waals surface area (Å²) in [4.78, 5) is 0. The van der Waals surface area contributed by atoms with Crippen LogP contribution in [0.25, 0.3) is 22.3 Å². The summed E-state index contributed by atoms with van der Waals surface area (Å²) in [7, 11) is 0. The van der Waals surface area contributed by atoms with Crippen molar-refractivity contribution < 1.29 is 27.0 Å². The van der Waals surface area contributed by atoms with Gasteiger partial charge < -0.3 is 9.47 Å². The normalized spacial score (nSPS) is 17.6. The lowest BCUT2D eigenvalue weighted by Crippen LogP contribution is -2.21. The fourth-order valence-electron chi connectivity index (χ4n) is 5.04. The van der Waals surface area contributed by atoms with Gasteiger partial charge in [0.1, 0.15) is 0 Å². The predicted molar refractivity (Wildman–Crippen MR) is 148 cm³/mol. The SMILES string of the molecule is C/C=C/CCC1CCC(c2ccc(-c3ccc(-c4ccc(OCCCCC)c(F)c4F)cc3)c(F)c2F)OC1. The zero-order valence-electron chi connectivity index (χ0n) is 22.6. The van der Waals surface area contributed by atoms with Gasteiger partial charge in [0.25, 0.3) is 0 Å². The van der Waals surface area contributed by atoms with Gasteiger partial charge in [0.2, 0.25) is 5.82 Å². The molecule has 0 aliphatic carbocycles. The minimum atomic E-state index is -1.04. The van der Waals surface area contributed by atoms with Crippen LogP contribution in [0, 0.1) is 29.2 Å². The molecule has 1 fully saturated rings. The zero-order valence-corrected chi connectivity index (χ0v) is 22.6. The van der Waals surface area contributed by atoms with E-state index in [1.807, 2.05) is 13.0 Å². The first-order valence-electron chi connectivity index (χ1n) is 13.9. The molecule has 2 unspecified atom stereocenters. The third kappa shape index (κ3) is 6.91. The third-order valence-corrected chi connectivity index (χ3v) is 7.37. The van der Waals surface area contributed by atoms with Crippen LogP contribution in [0.1, 0.15) is 70.5 Å². The highest BCUT2D eigenvalue weighted by Gasteiger charge is 2.27. The first kappa shape index (κ1) is 28.9. The average molecular weight is 541 g/mol. The van der Waals surface area contributed by atoms with E-state index in [2.05, 4.69) is 13.0 Å². The summed E-state index contributed by atoms with van der Waals surface area (Å²) in [6, 6.07) is 12.3. The van der Waals surface area contributed by atoms with E-state index in [1.54, 1.807) is 36.4 Å². The smallest absolute Gasteiger partial charge is 0.201 e. The molecule has 6 heteroatoms. The molecule has 0 bridgehead atoms. The van der Waals surface area contributed by atoms with Crippen LogP contribution in [0.2, 0.25) is 0 Å². The lowest BCUT2D eigenvalue weighted by Gasteiger charge is -2.29. The van der Waals surface area contributed by atoms with Crippen LogP contribution in [0.4, 0.5) is 17.6 Å². The van der Waals surface area contributed by atoms with Gasteiger partial charge in [-0.3, -0.25) is 0 Å². The predicted octanol–water partition coefficient (Wildman–Crippen LogP) is 9.97. The maximum atomic E-state index is 15.2. The fourth-order valence-corrected chi connectivity index (χ4v) is 5.04. The number of rotatable bonds is 11. The molecule has 208 valence electrons. The Balaban J connectivity index is 1.46. The summed E-state index contributed by atoms with van der Waals surface area (Å²) >= 11 is 0. The number of hydrogen-bond acceptors (Lipinski definition) is 2. The van der Waals surface area contributed by atoms with Crippen molar-refractivity contribution >= 4 is 0 Å². The molecular weight excluding hydrogens is 504 g/mol. The summed E-state index contributed by atoms with van der Waals surface area (Å²) in [5.74, 6) is -3.58. The van der Waals surface area contributed by atoms with Crippen LogP contribution in [0.15, 0.2) is 60.7 Å². The van der Waals surface area contributed by atoms with Gasteiger partial charge in [-0.05, 0) is 68.2 Å². The molecular formula is C33H36F4O2. The Morgan fingerprint density at radius 3 is 2.10 bits per heavy atom. The molecule has 0 saturated carbocycles. The van der Waals surface area contributed by atoms with Crippen molar-refractivity contribution in [1.82, 2.24) is 0 Å². The van der Waals surface area contributed by atoms with E-state index in [0.717, 1.165) is 38.5 Å². The number of ether oxygens (including phenoxy) is 2. The minimum absolute atomic E-state index is 0.0698. The van der Waals surface area contributed by atoms with Crippen molar-refractivity contribution in [3.8, 4) is 28.0 Å². The highest BCUT2D eigenvalue weighted by Crippen LogP contribution is 2.37.